The summed E-state index contributed by atoms with van der Waals surface area (Å²) in [6, 6.07) is 3.66. The number of hydrogen-bond donors (Lipinski definition) is 2. The van der Waals surface area contributed by atoms with Gasteiger partial charge in [0.25, 0.3) is 0 Å². The number of aliphatic carboxylic acids is 1. The van der Waals surface area contributed by atoms with Crippen molar-refractivity contribution in [3.05, 3.63) is 33.4 Å². The molecular weight excluding hydrogens is 337 g/mol. The number of aromatic amines is 1. The molecule has 1 fully saturated rings. The zero-order valence-corrected chi connectivity index (χ0v) is 14.0. The first kappa shape index (κ1) is 15.3. The molecule has 1 aliphatic heterocycles. The normalized spacial score (nSPS) is 24.4. The van der Waals surface area contributed by atoms with Gasteiger partial charge in [0.15, 0.2) is 0 Å². The van der Waals surface area contributed by atoms with E-state index >= 15 is 0 Å². The molecule has 122 valence electrons. The molecule has 2 aliphatic rings. The zero-order valence-electron chi connectivity index (χ0n) is 12.5. The lowest BCUT2D eigenvalue weighted by Gasteiger charge is -2.46. The average molecular weight is 354 g/mol. The molecule has 6 heteroatoms. The van der Waals surface area contributed by atoms with Gasteiger partial charge in [0, 0.05) is 10.9 Å². The Bertz CT molecular complexity index is 797. The Morgan fingerprint density at radius 1 is 1.39 bits per heavy atom. The second-order valence-corrected chi connectivity index (χ2v) is 7.23. The van der Waals surface area contributed by atoms with E-state index in [-0.39, 0.29) is 12.3 Å². The number of rotatable bonds is 3. The number of nitrogens with one attached hydrogen (secondary N) is 1. The van der Waals surface area contributed by atoms with Crippen LogP contribution in [0, 0.1) is 5.92 Å². The second-order valence-electron chi connectivity index (χ2n) is 6.45. The van der Waals surface area contributed by atoms with E-state index < -0.39 is 11.6 Å². The van der Waals surface area contributed by atoms with Crippen molar-refractivity contribution in [3.8, 4) is 0 Å². The Hall–Kier alpha value is -1.23. The van der Waals surface area contributed by atoms with E-state index in [1.807, 2.05) is 6.07 Å². The first-order chi connectivity index (χ1) is 11.0. The van der Waals surface area contributed by atoms with E-state index in [0.717, 1.165) is 41.4 Å². The average Bonchev–Trinajstić information content (AvgIpc) is 2.81. The highest BCUT2D eigenvalue weighted by Gasteiger charge is 2.50. The highest BCUT2D eigenvalue weighted by Crippen LogP contribution is 2.51. The third kappa shape index (κ3) is 2.19. The first-order valence-electron chi connectivity index (χ1n) is 7.88. The van der Waals surface area contributed by atoms with Gasteiger partial charge in [0.1, 0.15) is 5.60 Å². The van der Waals surface area contributed by atoms with E-state index in [9.17, 15) is 9.90 Å². The van der Waals surface area contributed by atoms with Crippen LogP contribution in [0.2, 0.25) is 10.0 Å². The van der Waals surface area contributed by atoms with Crippen molar-refractivity contribution in [2.45, 2.75) is 37.7 Å². The van der Waals surface area contributed by atoms with Crippen molar-refractivity contribution in [2.75, 3.05) is 6.61 Å². The van der Waals surface area contributed by atoms with E-state index in [1.54, 1.807) is 6.07 Å². The number of benzene rings is 1. The maximum absolute atomic E-state index is 11.5. The van der Waals surface area contributed by atoms with Crippen LogP contribution in [0.4, 0.5) is 0 Å². The maximum Gasteiger partial charge on any atom is 0.306 e. The topological polar surface area (TPSA) is 62.3 Å². The van der Waals surface area contributed by atoms with Crippen LogP contribution in [0.3, 0.4) is 0 Å². The van der Waals surface area contributed by atoms with Gasteiger partial charge < -0.3 is 14.8 Å². The molecule has 1 atom stereocenters. The van der Waals surface area contributed by atoms with E-state index in [0.29, 0.717) is 23.1 Å². The molecule has 0 bridgehead atoms. The van der Waals surface area contributed by atoms with Gasteiger partial charge in [-0.25, -0.2) is 0 Å². The van der Waals surface area contributed by atoms with Crippen molar-refractivity contribution in [1.29, 1.82) is 0 Å². The van der Waals surface area contributed by atoms with Crippen molar-refractivity contribution >= 4 is 40.1 Å². The van der Waals surface area contributed by atoms with Crippen LogP contribution in [0.15, 0.2) is 12.1 Å². The lowest BCUT2D eigenvalue weighted by atomic mass is 9.68. The number of carboxylic acid groups (broad SMARTS) is 1. The Morgan fingerprint density at radius 2 is 2.17 bits per heavy atom. The molecule has 0 amide bonds. The summed E-state index contributed by atoms with van der Waals surface area (Å²) >= 11 is 12.6. The maximum atomic E-state index is 11.5. The Kier molecular flexibility index (Phi) is 3.59. The molecule has 2 aromatic rings. The molecule has 2 N–H and O–H groups in total. The third-order valence-corrected chi connectivity index (χ3v) is 6.08. The zero-order chi connectivity index (χ0) is 16.2. The SMILES string of the molecule is O=C(O)CC1(C2CCC2)OCCc2c1[nH]c1ccc(Cl)c(Cl)c21. The fraction of sp³-hybridized carbons (Fsp3) is 0.471. The van der Waals surface area contributed by atoms with Crippen LogP contribution in [-0.4, -0.2) is 22.7 Å². The lowest BCUT2D eigenvalue weighted by Crippen LogP contribution is -2.46. The molecule has 1 saturated carbocycles. The van der Waals surface area contributed by atoms with Crippen LogP contribution in [0.5, 0.6) is 0 Å². The molecule has 0 saturated heterocycles. The molecule has 1 aliphatic carbocycles. The number of hydrogen-bond acceptors (Lipinski definition) is 2. The molecule has 0 radical (unpaired) electrons. The predicted octanol–water partition coefficient (Wildman–Crippen LogP) is 4.52. The van der Waals surface area contributed by atoms with E-state index in [4.69, 9.17) is 27.9 Å². The minimum atomic E-state index is -0.840. The van der Waals surface area contributed by atoms with Crippen LogP contribution in [0.25, 0.3) is 10.9 Å². The van der Waals surface area contributed by atoms with Gasteiger partial charge in [0.05, 0.1) is 28.8 Å². The monoisotopic (exact) mass is 353 g/mol. The summed E-state index contributed by atoms with van der Waals surface area (Å²) in [5.74, 6) is -0.604. The Morgan fingerprint density at radius 3 is 2.83 bits per heavy atom. The Balaban J connectivity index is 1.96. The van der Waals surface area contributed by atoms with Gasteiger partial charge in [-0.05, 0) is 42.9 Å². The van der Waals surface area contributed by atoms with Gasteiger partial charge in [-0.2, -0.15) is 0 Å². The minimum Gasteiger partial charge on any atom is -0.481 e. The summed E-state index contributed by atoms with van der Waals surface area (Å²) in [6.07, 6.45) is 3.80. The molecule has 1 unspecified atom stereocenters. The largest absolute Gasteiger partial charge is 0.481 e. The fourth-order valence-corrected chi connectivity index (χ4v) is 4.44. The van der Waals surface area contributed by atoms with Crippen LogP contribution in [0.1, 0.15) is 36.9 Å². The number of halogens is 2. The van der Waals surface area contributed by atoms with Gasteiger partial charge in [-0.3, -0.25) is 4.79 Å². The van der Waals surface area contributed by atoms with Crippen LogP contribution >= 0.6 is 23.2 Å². The number of carbonyl (C=O) groups is 1. The molecule has 1 aromatic heterocycles. The summed E-state index contributed by atoms with van der Waals surface area (Å²) in [5.41, 5.74) is 2.07. The molecule has 23 heavy (non-hydrogen) atoms. The molecule has 4 nitrogen and oxygen atoms in total. The molecular formula is C17H17Cl2NO3. The highest BCUT2D eigenvalue weighted by molar-refractivity contribution is 6.45. The Labute approximate surface area is 143 Å². The summed E-state index contributed by atoms with van der Waals surface area (Å²) in [5, 5.41) is 11.4. The van der Waals surface area contributed by atoms with Gasteiger partial charge in [0.2, 0.25) is 0 Å². The summed E-state index contributed by atoms with van der Waals surface area (Å²) in [4.78, 5) is 14.9. The van der Waals surface area contributed by atoms with Crippen molar-refractivity contribution < 1.29 is 14.6 Å². The van der Waals surface area contributed by atoms with Crippen LogP contribution in [-0.2, 0) is 21.6 Å². The first-order valence-corrected chi connectivity index (χ1v) is 8.63. The van der Waals surface area contributed by atoms with Gasteiger partial charge >= 0.3 is 5.97 Å². The number of carboxylic acids is 1. The molecule has 0 spiro atoms. The molecule has 4 rings (SSSR count). The number of H-pyrrole nitrogens is 1. The quantitative estimate of drug-likeness (QED) is 0.852. The lowest BCUT2D eigenvalue weighted by molar-refractivity contribution is -0.162. The fourth-order valence-electron chi connectivity index (χ4n) is 4.01. The smallest absolute Gasteiger partial charge is 0.306 e. The summed E-state index contributed by atoms with van der Waals surface area (Å²) < 4.78 is 6.12. The summed E-state index contributed by atoms with van der Waals surface area (Å²) in [7, 11) is 0. The van der Waals surface area contributed by atoms with Crippen molar-refractivity contribution in [3.63, 3.8) is 0 Å². The minimum absolute atomic E-state index is 0.0250. The van der Waals surface area contributed by atoms with Crippen LogP contribution < -0.4 is 0 Å². The number of aromatic nitrogens is 1. The van der Waals surface area contributed by atoms with Gasteiger partial charge in [-0.1, -0.05) is 29.6 Å². The second kappa shape index (κ2) is 5.40. The van der Waals surface area contributed by atoms with Gasteiger partial charge in [-0.15, -0.1) is 0 Å². The molecule has 1 aromatic carbocycles. The van der Waals surface area contributed by atoms with Crippen molar-refractivity contribution in [1.82, 2.24) is 4.98 Å². The van der Waals surface area contributed by atoms with E-state index in [1.165, 1.54) is 0 Å². The number of ether oxygens (including phenoxy) is 1. The highest BCUT2D eigenvalue weighted by atomic mass is 35.5. The summed E-state index contributed by atoms with van der Waals surface area (Å²) in [6.45, 7) is 0.507. The van der Waals surface area contributed by atoms with Crippen molar-refractivity contribution in [2.24, 2.45) is 5.92 Å². The van der Waals surface area contributed by atoms with E-state index in [2.05, 4.69) is 4.98 Å². The number of fused-ring (bicyclic) bond motifs is 3. The predicted molar refractivity (Wildman–Crippen MR) is 89.2 cm³/mol. The third-order valence-electron chi connectivity index (χ3n) is 5.27. The standard InChI is InChI=1S/C17H17Cl2NO3/c18-11-4-5-12-14(15(11)19)10-6-7-23-17(8-13(21)22,16(10)20-12)9-2-1-3-9/h4-5,9,20H,1-3,6-8H2,(H,21,22). The molecule has 2 heterocycles.